The Morgan fingerprint density at radius 3 is 2.61 bits per heavy atom. The quantitative estimate of drug-likeness (QED) is 0.382. The molecule has 0 bridgehead atoms. The molecule has 154 valence electrons. The lowest BCUT2D eigenvalue weighted by molar-refractivity contribution is 0.379. The molecule has 0 saturated carbocycles. The number of aromatic nitrogens is 1. The molecule has 1 aliphatic heterocycles. The van der Waals surface area contributed by atoms with Gasteiger partial charge < -0.3 is 20.0 Å². The van der Waals surface area contributed by atoms with Gasteiger partial charge in [0.2, 0.25) is 5.89 Å². The lowest BCUT2D eigenvalue weighted by Crippen LogP contribution is -2.44. The molecule has 1 aliphatic rings. The second kappa shape index (κ2) is 9.62. The van der Waals surface area contributed by atoms with Crippen molar-refractivity contribution in [3.63, 3.8) is 0 Å². The lowest BCUT2D eigenvalue weighted by Gasteiger charge is -2.20. The van der Waals surface area contributed by atoms with Crippen LogP contribution in [0.1, 0.15) is 44.4 Å². The molecule has 1 aromatic heterocycles. The van der Waals surface area contributed by atoms with Gasteiger partial charge in [0.15, 0.2) is 5.96 Å². The van der Waals surface area contributed by atoms with Crippen LogP contribution in [0.3, 0.4) is 0 Å². The van der Waals surface area contributed by atoms with E-state index < -0.39 is 0 Å². The molecule has 1 saturated heterocycles. The highest BCUT2D eigenvalue weighted by atomic mass is 127. The topological polar surface area (TPSA) is 65.7 Å². The minimum absolute atomic E-state index is 0. The zero-order valence-electron chi connectivity index (χ0n) is 17.5. The Bertz CT molecular complexity index is 779. The molecule has 0 amide bonds. The maximum Gasteiger partial charge on any atom is 0.213 e. The van der Waals surface area contributed by atoms with Crippen molar-refractivity contribution in [2.45, 2.75) is 52.1 Å². The number of nitrogens with one attached hydrogen (secondary N) is 2. The van der Waals surface area contributed by atoms with Crippen LogP contribution in [0.5, 0.6) is 0 Å². The first-order valence-electron chi connectivity index (χ1n) is 9.59. The van der Waals surface area contributed by atoms with E-state index in [2.05, 4.69) is 77.5 Å². The summed E-state index contributed by atoms with van der Waals surface area (Å²) in [6.07, 6.45) is 2.89. The standard InChI is InChI=1S/C21H31N5O.HI/c1-15-6-8-17(9-7-15)26-11-10-16(14-26)25-20(22-5)24-13-19-23-12-18(27-19)21(2,3)4;/h6-9,12,16H,10-11,13-14H2,1-5H3,(H2,22,24,25);1H. The fourth-order valence-corrected chi connectivity index (χ4v) is 3.15. The van der Waals surface area contributed by atoms with Gasteiger partial charge in [-0.1, -0.05) is 38.5 Å². The van der Waals surface area contributed by atoms with E-state index in [9.17, 15) is 0 Å². The predicted octanol–water partition coefficient (Wildman–Crippen LogP) is 3.84. The van der Waals surface area contributed by atoms with E-state index in [1.165, 1.54) is 11.3 Å². The first kappa shape index (κ1) is 22.5. The summed E-state index contributed by atoms with van der Waals surface area (Å²) in [6.45, 7) is 11.0. The van der Waals surface area contributed by atoms with Crippen LogP contribution >= 0.6 is 24.0 Å². The molecule has 7 heteroatoms. The van der Waals surface area contributed by atoms with Gasteiger partial charge in [-0.05, 0) is 25.5 Å². The predicted molar refractivity (Wildman–Crippen MR) is 126 cm³/mol. The van der Waals surface area contributed by atoms with Crippen molar-refractivity contribution in [1.29, 1.82) is 0 Å². The van der Waals surface area contributed by atoms with Crippen molar-refractivity contribution in [1.82, 2.24) is 15.6 Å². The highest BCUT2D eigenvalue weighted by molar-refractivity contribution is 14.0. The smallest absolute Gasteiger partial charge is 0.213 e. The van der Waals surface area contributed by atoms with Gasteiger partial charge in [0.25, 0.3) is 0 Å². The molecule has 2 N–H and O–H groups in total. The van der Waals surface area contributed by atoms with Gasteiger partial charge in [-0.15, -0.1) is 24.0 Å². The van der Waals surface area contributed by atoms with Crippen molar-refractivity contribution < 1.29 is 4.42 Å². The van der Waals surface area contributed by atoms with Crippen molar-refractivity contribution >= 4 is 35.6 Å². The molecule has 0 spiro atoms. The monoisotopic (exact) mass is 497 g/mol. The fraction of sp³-hybridized carbons (Fsp3) is 0.524. The van der Waals surface area contributed by atoms with Crippen molar-refractivity contribution in [3.8, 4) is 0 Å². The van der Waals surface area contributed by atoms with Crippen LogP contribution in [0.15, 0.2) is 39.9 Å². The summed E-state index contributed by atoms with van der Waals surface area (Å²) >= 11 is 0. The highest BCUT2D eigenvalue weighted by Crippen LogP contribution is 2.23. The van der Waals surface area contributed by atoms with E-state index >= 15 is 0 Å². The maximum absolute atomic E-state index is 5.83. The number of aliphatic imine (C=N–C) groups is 1. The largest absolute Gasteiger partial charge is 0.443 e. The van der Waals surface area contributed by atoms with E-state index in [4.69, 9.17) is 4.42 Å². The number of anilines is 1. The van der Waals surface area contributed by atoms with Gasteiger partial charge in [0, 0.05) is 37.3 Å². The molecular weight excluding hydrogens is 465 g/mol. The Hall–Kier alpha value is -1.77. The van der Waals surface area contributed by atoms with Crippen LogP contribution in [0.4, 0.5) is 5.69 Å². The molecule has 2 aromatic rings. The number of hydrogen-bond acceptors (Lipinski definition) is 4. The third kappa shape index (κ3) is 5.86. The van der Waals surface area contributed by atoms with Crippen molar-refractivity contribution in [2.24, 2.45) is 4.99 Å². The number of aryl methyl sites for hydroxylation is 1. The van der Waals surface area contributed by atoms with Crippen LogP contribution in [0.2, 0.25) is 0 Å². The zero-order chi connectivity index (χ0) is 19.4. The van der Waals surface area contributed by atoms with E-state index in [0.717, 1.165) is 31.2 Å². The molecule has 6 nitrogen and oxygen atoms in total. The second-order valence-corrected chi connectivity index (χ2v) is 8.21. The van der Waals surface area contributed by atoms with Crippen LogP contribution in [-0.2, 0) is 12.0 Å². The number of guanidine groups is 1. The number of oxazole rings is 1. The third-order valence-electron chi connectivity index (χ3n) is 4.85. The molecule has 1 atom stereocenters. The van der Waals surface area contributed by atoms with Gasteiger partial charge in [-0.25, -0.2) is 4.98 Å². The molecule has 2 heterocycles. The minimum atomic E-state index is -0.0333. The first-order valence-corrected chi connectivity index (χ1v) is 9.59. The SMILES string of the molecule is CN=C(NCc1ncc(C(C)(C)C)o1)NC1CCN(c2ccc(C)cc2)C1.I. The van der Waals surface area contributed by atoms with Gasteiger partial charge in [0.05, 0.1) is 12.7 Å². The van der Waals surface area contributed by atoms with Crippen LogP contribution in [0, 0.1) is 6.92 Å². The molecular formula is C21H32IN5O. The van der Waals surface area contributed by atoms with Gasteiger partial charge >= 0.3 is 0 Å². The average molecular weight is 497 g/mol. The first-order chi connectivity index (χ1) is 12.8. The molecule has 0 radical (unpaired) electrons. The molecule has 1 fully saturated rings. The normalized spacial score (nSPS) is 17.4. The Morgan fingerprint density at radius 1 is 1.29 bits per heavy atom. The number of nitrogens with zero attached hydrogens (tertiary/aromatic N) is 3. The summed E-state index contributed by atoms with van der Waals surface area (Å²) < 4.78 is 5.83. The Labute approximate surface area is 185 Å². The summed E-state index contributed by atoms with van der Waals surface area (Å²) in [5.41, 5.74) is 2.54. The van der Waals surface area contributed by atoms with Gasteiger partial charge in [-0.3, -0.25) is 4.99 Å². The summed E-state index contributed by atoms with van der Waals surface area (Å²) in [7, 11) is 1.79. The Balaban J connectivity index is 0.00000280. The maximum atomic E-state index is 5.83. The fourth-order valence-electron chi connectivity index (χ4n) is 3.15. The van der Waals surface area contributed by atoms with Crippen LogP contribution in [0.25, 0.3) is 0 Å². The summed E-state index contributed by atoms with van der Waals surface area (Å²) in [5.74, 6) is 2.35. The molecule has 1 unspecified atom stereocenters. The average Bonchev–Trinajstić information content (AvgIpc) is 3.28. The number of benzene rings is 1. The van der Waals surface area contributed by atoms with Crippen LogP contribution < -0.4 is 15.5 Å². The molecule has 28 heavy (non-hydrogen) atoms. The van der Waals surface area contributed by atoms with Crippen molar-refractivity contribution in [3.05, 3.63) is 47.7 Å². The molecule has 3 rings (SSSR count). The Morgan fingerprint density at radius 2 is 2.00 bits per heavy atom. The second-order valence-electron chi connectivity index (χ2n) is 8.21. The van der Waals surface area contributed by atoms with Crippen molar-refractivity contribution in [2.75, 3.05) is 25.0 Å². The third-order valence-corrected chi connectivity index (χ3v) is 4.85. The van der Waals surface area contributed by atoms with Gasteiger partial charge in [-0.2, -0.15) is 0 Å². The summed E-state index contributed by atoms with van der Waals surface area (Å²) in [4.78, 5) is 11.1. The number of rotatable bonds is 4. The highest BCUT2D eigenvalue weighted by Gasteiger charge is 2.24. The van der Waals surface area contributed by atoms with E-state index in [1.54, 1.807) is 7.05 Å². The van der Waals surface area contributed by atoms with Gasteiger partial charge in [0.1, 0.15) is 5.76 Å². The lowest BCUT2D eigenvalue weighted by atomic mass is 9.94. The molecule has 1 aromatic carbocycles. The molecule has 0 aliphatic carbocycles. The van der Waals surface area contributed by atoms with Crippen LogP contribution in [-0.4, -0.2) is 37.1 Å². The number of halogens is 1. The number of hydrogen-bond donors (Lipinski definition) is 2. The van der Waals surface area contributed by atoms with E-state index in [-0.39, 0.29) is 29.4 Å². The Kier molecular flexibility index (Phi) is 7.74. The van der Waals surface area contributed by atoms with E-state index in [1.807, 2.05) is 6.20 Å². The summed E-state index contributed by atoms with van der Waals surface area (Å²) in [5, 5.41) is 6.82. The zero-order valence-corrected chi connectivity index (χ0v) is 19.8. The summed E-state index contributed by atoms with van der Waals surface area (Å²) in [6, 6.07) is 9.09. The van der Waals surface area contributed by atoms with E-state index in [0.29, 0.717) is 18.5 Å². The minimum Gasteiger partial charge on any atom is -0.443 e.